The highest BCUT2D eigenvalue weighted by Crippen LogP contribution is 2.45. The van der Waals surface area contributed by atoms with Crippen molar-refractivity contribution in [1.29, 1.82) is 0 Å². The van der Waals surface area contributed by atoms with Crippen LogP contribution in [0.25, 0.3) is 149 Å². The van der Waals surface area contributed by atoms with Gasteiger partial charge >= 0.3 is 0 Å². The number of para-hydroxylation sites is 1. The molecule has 0 aliphatic rings. The third-order valence-electron chi connectivity index (χ3n) is 14.2. The summed E-state index contributed by atoms with van der Waals surface area (Å²) < 4.78 is 15.7. The van der Waals surface area contributed by atoms with Crippen molar-refractivity contribution in [2.24, 2.45) is 0 Å². The summed E-state index contributed by atoms with van der Waals surface area (Å²) in [5, 5.41) is 11.1. The summed E-state index contributed by atoms with van der Waals surface area (Å²) in [6.45, 7) is 0. The van der Waals surface area contributed by atoms with Crippen LogP contribution in [0.1, 0.15) is 0 Å². The van der Waals surface area contributed by atoms with Gasteiger partial charge in [0.25, 0.3) is 0 Å². The first kappa shape index (κ1) is 39.4. The molecule has 330 valence electrons. The molecule has 0 unspecified atom stereocenters. The molecule has 15 aromatic rings. The zero-order valence-electron chi connectivity index (χ0n) is 38.0. The molecule has 0 bridgehead atoms. The van der Waals surface area contributed by atoms with Gasteiger partial charge in [0.15, 0.2) is 17.5 Å². The highest BCUT2D eigenvalue weighted by Gasteiger charge is 2.24. The Labute approximate surface area is 406 Å². The summed E-state index contributed by atoms with van der Waals surface area (Å²) in [6, 6.07) is 81.1. The van der Waals surface area contributed by atoms with Gasteiger partial charge in [0.2, 0.25) is 0 Å². The predicted octanol–water partition coefficient (Wildman–Crippen LogP) is 17.4. The van der Waals surface area contributed by atoms with Gasteiger partial charge in [-0.15, -0.1) is 0 Å². The summed E-state index contributed by atoms with van der Waals surface area (Å²) in [5.74, 6) is 1.69. The highest BCUT2D eigenvalue weighted by atomic mass is 16.3. The van der Waals surface area contributed by atoms with Crippen molar-refractivity contribution < 1.29 is 8.83 Å². The van der Waals surface area contributed by atoms with E-state index < -0.39 is 0 Å². The lowest BCUT2D eigenvalue weighted by atomic mass is 9.98. The molecule has 71 heavy (non-hydrogen) atoms. The van der Waals surface area contributed by atoms with Gasteiger partial charge < -0.3 is 13.4 Å². The van der Waals surface area contributed by atoms with E-state index in [-0.39, 0.29) is 0 Å². The molecule has 0 radical (unpaired) electrons. The SMILES string of the molecule is c1ccc(-c2ccc(-c3nc(-c4ccc5oc6ccccc6c5c4)nc(-c4cccc5oc6cc(-n7c8cc9ccccc9cc8c8ccc9ccccc9c87)c(-c7ccccc7)cc6c45)n3)cc2)cc1. The van der Waals surface area contributed by atoms with E-state index in [1.54, 1.807) is 0 Å². The second-order valence-corrected chi connectivity index (χ2v) is 18.3. The fourth-order valence-corrected chi connectivity index (χ4v) is 10.9. The molecule has 11 aromatic carbocycles. The second kappa shape index (κ2) is 15.4. The van der Waals surface area contributed by atoms with Gasteiger partial charge in [-0.3, -0.25) is 0 Å². The molecule has 15 rings (SSSR count). The monoisotopic (exact) mass is 906 g/mol. The van der Waals surface area contributed by atoms with E-state index in [1.807, 2.05) is 48.5 Å². The normalized spacial score (nSPS) is 11.9. The zero-order valence-corrected chi connectivity index (χ0v) is 38.0. The zero-order chi connectivity index (χ0) is 46.6. The van der Waals surface area contributed by atoms with Gasteiger partial charge in [-0.1, -0.05) is 176 Å². The van der Waals surface area contributed by atoms with Crippen LogP contribution >= 0.6 is 0 Å². The number of hydrogen-bond acceptors (Lipinski definition) is 5. The third kappa shape index (κ3) is 6.25. The van der Waals surface area contributed by atoms with E-state index in [0.29, 0.717) is 17.5 Å². The van der Waals surface area contributed by atoms with Crippen LogP contribution in [0, 0.1) is 0 Å². The van der Waals surface area contributed by atoms with Gasteiger partial charge in [0.05, 0.1) is 16.7 Å². The standard InChI is InChI=1S/C65H38N4O2/c1-3-14-39(15-4-1)40-26-28-43(29-27-40)63-66-64(46-31-33-58-53(35-46)48-22-11-12-24-57(48)70-58)68-65(67-63)50-23-13-25-59-61(50)54-37-51(41-16-5-2-6-17-41)56(38-60(54)71-59)69-55-36-45-20-8-7-19-44(45)34-52(55)49-32-30-42-18-9-10-21-47(42)62(49)69/h1-38H. The van der Waals surface area contributed by atoms with E-state index in [2.05, 4.69) is 187 Å². The minimum Gasteiger partial charge on any atom is -0.456 e. The summed E-state index contributed by atoms with van der Waals surface area (Å²) in [6.07, 6.45) is 0. The fraction of sp³-hybridized carbons (Fsp3) is 0. The number of aromatic nitrogens is 4. The van der Waals surface area contributed by atoms with Crippen LogP contribution in [0.4, 0.5) is 0 Å². The first-order valence-electron chi connectivity index (χ1n) is 23.9. The Bertz CT molecular complexity index is 4630. The summed E-state index contributed by atoms with van der Waals surface area (Å²) in [5.41, 5.74) is 13.5. The Kier molecular flexibility index (Phi) is 8.56. The van der Waals surface area contributed by atoms with Crippen LogP contribution < -0.4 is 0 Å². The predicted molar refractivity (Wildman–Crippen MR) is 291 cm³/mol. The Morgan fingerprint density at radius 3 is 1.72 bits per heavy atom. The number of rotatable bonds is 6. The van der Waals surface area contributed by atoms with Crippen molar-refractivity contribution in [3.05, 3.63) is 231 Å². The summed E-state index contributed by atoms with van der Waals surface area (Å²) in [4.78, 5) is 15.9. The molecule has 6 nitrogen and oxygen atoms in total. The number of nitrogens with zero attached hydrogens (tertiary/aromatic N) is 4. The van der Waals surface area contributed by atoms with Gasteiger partial charge in [-0.2, -0.15) is 0 Å². The van der Waals surface area contributed by atoms with Gasteiger partial charge in [-0.25, -0.2) is 15.0 Å². The molecule has 0 N–H and O–H groups in total. The molecule has 0 saturated carbocycles. The van der Waals surface area contributed by atoms with Crippen molar-refractivity contribution >= 4 is 87.2 Å². The van der Waals surface area contributed by atoms with Gasteiger partial charge in [-0.05, 0) is 81.4 Å². The molecule has 0 saturated heterocycles. The number of furan rings is 2. The van der Waals surface area contributed by atoms with Crippen molar-refractivity contribution in [3.63, 3.8) is 0 Å². The van der Waals surface area contributed by atoms with Crippen LogP contribution in [-0.4, -0.2) is 19.5 Å². The lowest BCUT2D eigenvalue weighted by molar-refractivity contribution is 0.668. The topological polar surface area (TPSA) is 69.9 Å². The number of fused-ring (bicyclic) bond motifs is 12. The van der Waals surface area contributed by atoms with Crippen molar-refractivity contribution in [1.82, 2.24) is 19.5 Å². The Balaban J connectivity index is 0.985. The van der Waals surface area contributed by atoms with Crippen molar-refractivity contribution in [2.45, 2.75) is 0 Å². The summed E-state index contributed by atoms with van der Waals surface area (Å²) in [7, 11) is 0. The maximum Gasteiger partial charge on any atom is 0.164 e. The molecular formula is C65H38N4O2. The molecule has 4 aromatic heterocycles. The van der Waals surface area contributed by atoms with E-state index >= 15 is 0 Å². The van der Waals surface area contributed by atoms with Crippen molar-refractivity contribution in [3.8, 4) is 62.1 Å². The van der Waals surface area contributed by atoms with E-state index in [4.69, 9.17) is 23.8 Å². The minimum absolute atomic E-state index is 0.550. The molecule has 6 heteroatoms. The highest BCUT2D eigenvalue weighted by molar-refractivity contribution is 6.22. The molecule has 4 heterocycles. The van der Waals surface area contributed by atoms with E-state index in [0.717, 1.165) is 99.5 Å². The van der Waals surface area contributed by atoms with Crippen LogP contribution in [0.2, 0.25) is 0 Å². The van der Waals surface area contributed by atoms with E-state index in [9.17, 15) is 0 Å². The van der Waals surface area contributed by atoms with Crippen LogP contribution in [0.15, 0.2) is 239 Å². The molecule has 0 aliphatic carbocycles. The number of hydrogen-bond donors (Lipinski definition) is 0. The lowest BCUT2D eigenvalue weighted by Gasteiger charge is -2.16. The molecule has 0 fully saturated rings. The van der Waals surface area contributed by atoms with Gasteiger partial charge in [0, 0.05) is 66.0 Å². The first-order valence-corrected chi connectivity index (χ1v) is 23.9. The molecule has 0 atom stereocenters. The van der Waals surface area contributed by atoms with Crippen LogP contribution in [0.5, 0.6) is 0 Å². The average molecular weight is 907 g/mol. The number of benzene rings is 11. The molecule has 0 aliphatic heterocycles. The molecular weight excluding hydrogens is 869 g/mol. The largest absolute Gasteiger partial charge is 0.456 e. The van der Waals surface area contributed by atoms with Crippen LogP contribution in [-0.2, 0) is 0 Å². The Morgan fingerprint density at radius 2 is 0.901 bits per heavy atom. The minimum atomic E-state index is 0.550. The smallest absolute Gasteiger partial charge is 0.164 e. The Morgan fingerprint density at radius 1 is 0.296 bits per heavy atom. The second-order valence-electron chi connectivity index (χ2n) is 18.3. The Hall–Kier alpha value is -9.65. The average Bonchev–Trinajstić information content (AvgIpc) is 4.11. The van der Waals surface area contributed by atoms with E-state index in [1.165, 1.54) is 32.3 Å². The van der Waals surface area contributed by atoms with Crippen LogP contribution in [0.3, 0.4) is 0 Å². The third-order valence-corrected chi connectivity index (χ3v) is 14.2. The maximum absolute atomic E-state index is 7.00. The van der Waals surface area contributed by atoms with Crippen molar-refractivity contribution in [2.75, 3.05) is 0 Å². The summed E-state index contributed by atoms with van der Waals surface area (Å²) >= 11 is 0. The molecule has 0 spiro atoms. The maximum atomic E-state index is 7.00. The first-order chi connectivity index (χ1) is 35.2. The molecule has 0 amide bonds. The lowest BCUT2D eigenvalue weighted by Crippen LogP contribution is -2.00. The fourth-order valence-electron chi connectivity index (χ4n) is 10.9. The van der Waals surface area contributed by atoms with Gasteiger partial charge in [0.1, 0.15) is 22.3 Å². The quantitative estimate of drug-likeness (QED) is 0.166.